The van der Waals surface area contributed by atoms with E-state index in [4.69, 9.17) is 23.7 Å². The molecule has 0 radical (unpaired) electrons. The lowest BCUT2D eigenvalue weighted by atomic mass is 9.85. The van der Waals surface area contributed by atoms with Crippen molar-refractivity contribution >= 4 is 11.4 Å². The van der Waals surface area contributed by atoms with Crippen LogP contribution in [0.2, 0.25) is 0 Å². The number of methoxy groups -OCH3 is 3. The molecule has 51 heavy (non-hydrogen) atoms. The molecular weight excluding hydrogens is 656 g/mol. The molecule has 0 fully saturated rings. The van der Waals surface area contributed by atoms with Gasteiger partial charge in [0.05, 0.1) is 37.2 Å². The maximum absolute atomic E-state index is 12.8. The van der Waals surface area contributed by atoms with Gasteiger partial charge in [-0.15, -0.1) is 0 Å². The summed E-state index contributed by atoms with van der Waals surface area (Å²) in [5.74, 6) is 1.97. The van der Waals surface area contributed by atoms with Crippen LogP contribution in [0.4, 0.5) is 11.4 Å². The molecule has 13 heteroatoms. The van der Waals surface area contributed by atoms with E-state index in [9.17, 15) is 20.2 Å². The summed E-state index contributed by atoms with van der Waals surface area (Å²) >= 11 is 0. The third-order valence-electron chi connectivity index (χ3n) is 10.5. The topological polar surface area (TPSA) is 139 Å². The first-order valence-electron chi connectivity index (χ1n) is 16.8. The average Bonchev–Trinajstić information content (AvgIpc) is 3.10. The Hall–Kier alpha value is -5.40. The van der Waals surface area contributed by atoms with Crippen LogP contribution in [-0.4, -0.2) is 68.2 Å². The maximum Gasteiger partial charge on any atom is 0.318 e. The number of nitro benzene ring substituents is 2. The highest BCUT2D eigenvalue weighted by molar-refractivity contribution is 5.73. The fraction of sp³-hybridized carbons (Fsp3) is 0.368. The number of hydrogen-bond acceptors (Lipinski definition) is 11. The molecule has 4 heterocycles. The van der Waals surface area contributed by atoms with E-state index < -0.39 is 15.9 Å². The third-order valence-corrected chi connectivity index (χ3v) is 10.5. The molecule has 0 unspecified atom stereocenters. The van der Waals surface area contributed by atoms with Gasteiger partial charge in [-0.1, -0.05) is 18.2 Å². The van der Waals surface area contributed by atoms with Crippen LogP contribution in [0, 0.1) is 27.2 Å². The molecule has 4 aromatic carbocycles. The molecule has 8 rings (SSSR count). The molecule has 0 N–H and O–H groups in total. The van der Waals surface area contributed by atoms with Crippen molar-refractivity contribution in [2.75, 3.05) is 48.5 Å². The van der Waals surface area contributed by atoms with Gasteiger partial charge < -0.3 is 23.7 Å². The Morgan fingerprint density at radius 3 is 2.14 bits per heavy atom. The normalized spacial score (nSPS) is 18.4. The lowest BCUT2D eigenvalue weighted by Crippen LogP contribution is -2.34. The van der Waals surface area contributed by atoms with Gasteiger partial charge in [0.2, 0.25) is 11.5 Å². The lowest BCUT2D eigenvalue weighted by Gasteiger charge is -2.37. The molecular formula is C38H40N4O9. The van der Waals surface area contributed by atoms with Gasteiger partial charge in [0, 0.05) is 41.9 Å². The zero-order chi connectivity index (χ0) is 36.1. The molecule has 0 aromatic heterocycles. The van der Waals surface area contributed by atoms with Crippen molar-refractivity contribution in [3.05, 3.63) is 108 Å². The number of hydrogen-bond donors (Lipinski definition) is 0. The fourth-order valence-electron chi connectivity index (χ4n) is 7.81. The molecule has 4 aliphatic rings. The van der Waals surface area contributed by atoms with E-state index in [2.05, 4.69) is 24.1 Å². The number of nitro groups is 2. The molecule has 4 aromatic rings. The van der Waals surface area contributed by atoms with E-state index in [1.165, 1.54) is 33.0 Å². The number of aryl methyl sites for hydroxylation is 1. The van der Waals surface area contributed by atoms with E-state index in [1.54, 1.807) is 6.07 Å². The highest BCUT2D eigenvalue weighted by atomic mass is 16.6. The lowest BCUT2D eigenvalue weighted by molar-refractivity contribution is -0.386. The zero-order valence-corrected chi connectivity index (χ0v) is 29.5. The number of likely N-dealkylation sites (N-methyl/N-ethyl adjacent to an activating group) is 2. The average molecular weight is 697 g/mol. The van der Waals surface area contributed by atoms with Gasteiger partial charge in [-0.25, -0.2) is 0 Å². The number of benzene rings is 4. The second-order valence-corrected chi connectivity index (χ2v) is 13.3. The Bertz CT molecular complexity index is 2050. The molecule has 13 nitrogen and oxygen atoms in total. The van der Waals surface area contributed by atoms with Crippen molar-refractivity contribution in [2.45, 2.75) is 44.7 Å². The molecule has 0 aliphatic carbocycles. The van der Waals surface area contributed by atoms with Crippen LogP contribution in [0.1, 0.15) is 51.0 Å². The minimum absolute atomic E-state index is 0.0379. The summed E-state index contributed by atoms with van der Waals surface area (Å²) in [7, 11) is 8.25. The summed E-state index contributed by atoms with van der Waals surface area (Å²) in [5, 5.41) is 25.3. The number of fused-ring (bicyclic) bond motifs is 2. The third kappa shape index (κ3) is 5.95. The summed E-state index contributed by atoms with van der Waals surface area (Å²) in [4.78, 5) is 28.7. The largest absolute Gasteiger partial charge is 0.493 e. The molecule has 0 saturated carbocycles. The van der Waals surface area contributed by atoms with Crippen LogP contribution >= 0.6 is 0 Å². The van der Waals surface area contributed by atoms with E-state index in [-0.39, 0.29) is 46.8 Å². The quantitative estimate of drug-likeness (QED) is 0.154. The molecule has 0 spiro atoms. The van der Waals surface area contributed by atoms with Crippen molar-refractivity contribution in [1.82, 2.24) is 9.80 Å². The van der Waals surface area contributed by atoms with Gasteiger partial charge in [-0.2, -0.15) is 0 Å². The van der Waals surface area contributed by atoms with Crippen molar-refractivity contribution in [2.24, 2.45) is 0 Å². The monoisotopic (exact) mass is 696 g/mol. The Kier molecular flexibility index (Phi) is 8.94. The van der Waals surface area contributed by atoms with E-state index in [0.717, 1.165) is 36.1 Å². The Balaban J connectivity index is 1.54. The van der Waals surface area contributed by atoms with Crippen molar-refractivity contribution in [3.63, 3.8) is 0 Å². The molecule has 266 valence electrons. The first kappa shape index (κ1) is 34.1. The maximum atomic E-state index is 12.8. The molecule has 0 amide bonds. The number of ether oxygens (including phenoxy) is 5. The van der Waals surface area contributed by atoms with Gasteiger partial charge in [0.25, 0.3) is 5.69 Å². The van der Waals surface area contributed by atoms with Gasteiger partial charge in [-0.3, -0.25) is 30.0 Å². The first-order chi connectivity index (χ1) is 24.5. The van der Waals surface area contributed by atoms with Crippen molar-refractivity contribution in [3.8, 4) is 40.2 Å². The van der Waals surface area contributed by atoms with Gasteiger partial charge in [0.1, 0.15) is 11.5 Å². The summed E-state index contributed by atoms with van der Waals surface area (Å²) in [6, 6.07) is 14.5. The fourth-order valence-corrected chi connectivity index (χ4v) is 7.81. The minimum atomic E-state index is -0.600. The van der Waals surface area contributed by atoms with Crippen LogP contribution in [0.5, 0.6) is 40.2 Å². The summed E-state index contributed by atoms with van der Waals surface area (Å²) in [6.07, 6.45) is 2.03. The molecule has 6 bridgehead atoms. The number of rotatable bonds is 5. The highest BCUT2D eigenvalue weighted by Gasteiger charge is 2.41. The Labute approximate surface area is 295 Å². The second kappa shape index (κ2) is 13.4. The van der Waals surface area contributed by atoms with Crippen LogP contribution in [0.3, 0.4) is 0 Å². The second-order valence-electron chi connectivity index (χ2n) is 13.3. The van der Waals surface area contributed by atoms with Crippen LogP contribution in [0.15, 0.2) is 48.5 Å². The van der Waals surface area contributed by atoms with E-state index >= 15 is 0 Å². The summed E-state index contributed by atoms with van der Waals surface area (Å²) in [6.45, 7) is 3.33. The van der Waals surface area contributed by atoms with E-state index in [1.807, 2.05) is 43.1 Å². The van der Waals surface area contributed by atoms with Crippen LogP contribution < -0.4 is 23.7 Å². The molecule has 0 saturated heterocycles. The predicted octanol–water partition coefficient (Wildman–Crippen LogP) is 7.28. The predicted molar refractivity (Wildman–Crippen MR) is 189 cm³/mol. The van der Waals surface area contributed by atoms with E-state index in [0.29, 0.717) is 46.9 Å². The minimum Gasteiger partial charge on any atom is -0.493 e. The smallest absolute Gasteiger partial charge is 0.318 e. The van der Waals surface area contributed by atoms with Gasteiger partial charge in [0.15, 0.2) is 17.2 Å². The first-order valence-corrected chi connectivity index (χ1v) is 16.8. The molecule has 4 aliphatic heterocycles. The van der Waals surface area contributed by atoms with Gasteiger partial charge in [-0.05, 0) is 93.2 Å². The highest BCUT2D eigenvalue weighted by Crippen LogP contribution is 2.56. The standard InChI is InChI=1S/C38H40N4O9/c1-21-15-23-11-13-39(2)29-16-22-7-9-25(10-8-22)50-33-18-24(28(41(43)44)20-32(33)47-4)17-30-34-26(12-14-40(30)3)35(42(45)46)37(48-5)38(49-6)36(34)51-31(21)19-27(23)29/h7-10,15,18-20,29-30H,11-14,16-17H2,1-6H3/t29-,30-/m0/s1. The summed E-state index contributed by atoms with van der Waals surface area (Å²) in [5.41, 5.74) is 5.32. The summed E-state index contributed by atoms with van der Waals surface area (Å²) < 4.78 is 30.4. The van der Waals surface area contributed by atoms with Crippen LogP contribution in [-0.2, 0) is 25.7 Å². The Morgan fingerprint density at radius 2 is 1.47 bits per heavy atom. The van der Waals surface area contributed by atoms with Gasteiger partial charge >= 0.3 is 5.69 Å². The van der Waals surface area contributed by atoms with Crippen molar-refractivity contribution < 1.29 is 33.5 Å². The molecule has 2 atom stereocenters. The van der Waals surface area contributed by atoms with Crippen molar-refractivity contribution in [1.29, 1.82) is 0 Å². The zero-order valence-electron chi connectivity index (χ0n) is 29.5. The SMILES string of the molecule is COc1cc([N+](=O)[O-])c2cc1Oc1ccc(cc1)C[C@H]1c3cc(c(C)cc3CCN1C)Oc1c(OC)c(OC)c([N+](=O)[O-])c3c1[C@H](C2)N(C)CC3. The number of nitrogens with zero attached hydrogens (tertiary/aromatic N) is 4. The Morgan fingerprint density at radius 1 is 0.765 bits per heavy atom. The van der Waals surface area contributed by atoms with Crippen LogP contribution in [0.25, 0.3) is 0 Å².